The van der Waals surface area contributed by atoms with Gasteiger partial charge in [0.15, 0.2) is 0 Å². The van der Waals surface area contributed by atoms with E-state index in [0.717, 1.165) is 11.5 Å². The zero-order valence-electron chi connectivity index (χ0n) is 9.56. The van der Waals surface area contributed by atoms with Crippen LogP contribution >= 0.6 is 0 Å². The molecule has 92 valence electrons. The Bertz CT molecular complexity index is 423. The van der Waals surface area contributed by atoms with Gasteiger partial charge in [-0.15, -0.1) is 0 Å². The molecule has 0 saturated carbocycles. The smallest absolute Gasteiger partial charge is 0.210 e. The number of sulfonamides is 1. The molecule has 1 aromatic rings. The van der Waals surface area contributed by atoms with Crippen molar-refractivity contribution in [1.29, 1.82) is 0 Å². The minimum Gasteiger partial charge on any atom is -0.464 e. The maximum atomic E-state index is 10.7. The molecule has 0 spiro atoms. The SMILES string of the molecule is CC(C)c1ccc(CNCCS(N)(=O)=O)o1. The van der Waals surface area contributed by atoms with Gasteiger partial charge in [0, 0.05) is 12.5 Å². The first-order valence-electron chi connectivity index (χ1n) is 5.18. The van der Waals surface area contributed by atoms with Crippen LogP contribution in [0.4, 0.5) is 0 Å². The number of nitrogens with one attached hydrogen (secondary N) is 1. The van der Waals surface area contributed by atoms with Crippen LogP contribution in [0, 0.1) is 0 Å². The third kappa shape index (κ3) is 4.78. The van der Waals surface area contributed by atoms with E-state index in [1.165, 1.54) is 0 Å². The maximum absolute atomic E-state index is 10.7. The van der Waals surface area contributed by atoms with Crippen molar-refractivity contribution >= 4 is 10.0 Å². The number of nitrogens with two attached hydrogens (primary N) is 1. The van der Waals surface area contributed by atoms with Crippen molar-refractivity contribution in [1.82, 2.24) is 5.32 Å². The Balaban J connectivity index is 2.32. The van der Waals surface area contributed by atoms with Gasteiger partial charge in [-0.25, -0.2) is 13.6 Å². The van der Waals surface area contributed by atoms with Crippen LogP contribution in [0.5, 0.6) is 0 Å². The third-order valence-corrected chi connectivity index (χ3v) is 2.89. The zero-order valence-corrected chi connectivity index (χ0v) is 10.4. The van der Waals surface area contributed by atoms with Crippen LogP contribution < -0.4 is 10.5 Å². The first-order chi connectivity index (χ1) is 7.38. The highest BCUT2D eigenvalue weighted by Crippen LogP contribution is 2.17. The Morgan fingerprint density at radius 3 is 2.62 bits per heavy atom. The van der Waals surface area contributed by atoms with Crippen molar-refractivity contribution in [3.05, 3.63) is 23.7 Å². The van der Waals surface area contributed by atoms with Gasteiger partial charge < -0.3 is 9.73 Å². The maximum Gasteiger partial charge on any atom is 0.210 e. The van der Waals surface area contributed by atoms with Gasteiger partial charge in [0.25, 0.3) is 0 Å². The van der Waals surface area contributed by atoms with Crippen molar-refractivity contribution in [3.8, 4) is 0 Å². The fraction of sp³-hybridized carbons (Fsp3) is 0.600. The van der Waals surface area contributed by atoms with Crippen LogP contribution in [0.15, 0.2) is 16.5 Å². The van der Waals surface area contributed by atoms with Gasteiger partial charge in [-0.05, 0) is 12.1 Å². The number of hydrogen-bond donors (Lipinski definition) is 2. The van der Waals surface area contributed by atoms with Gasteiger partial charge in [0.1, 0.15) is 11.5 Å². The highest BCUT2D eigenvalue weighted by Gasteiger charge is 2.06. The van der Waals surface area contributed by atoms with E-state index >= 15 is 0 Å². The summed E-state index contributed by atoms with van der Waals surface area (Å²) in [7, 11) is -3.38. The lowest BCUT2D eigenvalue weighted by Crippen LogP contribution is -2.26. The summed E-state index contributed by atoms with van der Waals surface area (Å²) in [6.07, 6.45) is 0. The van der Waals surface area contributed by atoms with Crippen LogP contribution in [0.25, 0.3) is 0 Å². The van der Waals surface area contributed by atoms with E-state index in [-0.39, 0.29) is 5.75 Å². The van der Waals surface area contributed by atoms with Gasteiger partial charge in [-0.3, -0.25) is 0 Å². The summed E-state index contributed by atoms with van der Waals surface area (Å²) in [6.45, 7) is 4.95. The highest BCUT2D eigenvalue weighted by molar-refractivity contribution is 7.89. The minimum atomic E-state index is -3.38. The second-order valence-corrected chi connectivity index (χ2v) is 5.74. The van der Waals surface area contributed by atoms with E-state index < -0.39 is 10.0 Å². The summed E-state index contributed by atoms with van der Waals surface area (Å²) in [5.74, 6) is 2.03. The molecule has 16 heavy (non-hydrogen) atoms. The number of primary sulfonamides is 1. The average Bonchev–Trinajstić information content (AvgIpc) is 2.59. The molecule has 0 aliphatic heterocycles. The van der Waals surface area contributed by atoms with Crippen LogP contribution in [0.3, 0.4) is 0 Å². The second-order valence-electron chi connectivity index (χ2n) is 4.00. The topological polar surface area (TPSA) is 85.3 Å². The molecule has 0 amide bonds. The van der Waals surface area contributed by atoms with Crippen molar-refractivity contribution < 1.29 is 12.8 Å². The van der Waals surface area contributed by atoms with E-state index in [9.17, 15) is 8.42 Å². The second kappa shape index (κ2) is 5.47. The Kier molecular flexibility index (Phi) is 4.52. The van der Waals surface area contributed by atoms with Gasteiger partial charge in [0.05, 0.1) is 12.3 Å². The van der Waals surface area contributed by atoms with Crippen LogP contribution in [0.1, 0.15) is 31.3 Å². The summed E-state index contributed by atoms with van der Waals surface area (Å²) in [6, 6.07) is 3.82. The zero-order chi connectivity index (χ0) is 12.2. The monoisotopic (exact) mass is 246 g/mol. The number of hydrogen-bond acceptors (Lipinski definition) is 4. The van der Waals surface area contributed by atoms with Gasteiger partial charge in [0.2, 0.25) is 10.0 Å². The fourth-order valence-corrected chi connectivity index (χ4v) is 1.65. The van der Waals surface area contributed by atoms with E-state index in [2.05, 4.69) is 19.2 Å². The van der Waals surface area contributed by atoms with Gasteiger partial charge >= 0.3 is 0 Å². The van der Waals surface area contributed by atoms with Crippen molar-refractivity contribution in [3.63, 3.8) is 0 Å². The van der Waals surface area contributed by atoms with E-state index in [1.807, 2.05) is 12.1 Å². The molecule has 0 saturated heterocycles. The highest BCUT2D eigenvalue weighted by atomic mass is 32.2. The summed E-state index contributed by atoms with van der Waals surface area (Å²) >= 11 is 0. The molecule has 3 N–H and O–H groups in total. The number of rotatable bonds is 6. The molecule has 0 aromatic carbocycles. The first-order valence-corrected chi connectivity index (χ1v) is 6.90. The summed E-state index contributed by atoms with van der Waals surface area (Å²) in [5, 5.41) is 7.83. The Morgan fingerprint density at radius 2 is 2.12 bits per heavy atom. The summed E-state index contributed by atoms with van der Waals surface area (Å²) < 4.78 is 26.8. The van der Waals surface area contributed by atoms with Crippen molar-refractivity contribution in [2.45, 2.75) is 26.3 Å². The van der Waals surface area contributed by atoms with E-state index in [1.54, 1.807) is 0 Å². The molecule has 0 atom stereocenters. The molecule has 0 bridgehead atoms. The van der Waals surface area contributed by atoms with Gasteiger partial charge in [-0.2, -0.15) is 0 Å². The Hall–Kier alpha value is -0.850. The molecular formula is C10H18N2O3S. The lowest BCUT2D eigenvalue weighted by atomic mass is 10.2. The third-order valence-electron chi connectivity index (χ3n) is 2.11. The molecule has 1 aromatic heterocycles. The van der Waals surface area contributed by atoms with Crippen LogP contribution in [-0.4, -0.2) is 20.7 Å². The Morgan fingerprint density at radius 1 is 1.44 bits per heavy atom. The van der Waals surface area contributed by atoms with Crippen LogP contribution in [0.2, 0.25) is 0 Å². The molecular weight excluding hydrogens is 228 g/mol. The molecule has 5 nitrogen and oxygen atoms in total. The van der Waals surface area contributed by atoms with Crippen molar-refractivity contribution in [2.24, 2.45) is 5.14 Å². The first kappa shape index (κ1) is 13.2. The molecule has 0 fully saturated rings. The quantitative estimate of drug-likeness (QED) is 0.726. The summed E-state index contributed by atoms with van der Waals surface area (Å²) in [5.41, 5.74) is 0. The number of furan rings is 1. The molecule has 1 heterocycles. The van der Waals surface area contributed by atoms with E-state index in [4.69, 9.17) is 9.56 Å². The molecule has 1 rings (SSSR count). The molecule has 0 radical (unpaired) electrons. The molecule has 0 aliphatic rings. The Labute approximate surface area is 96.1 Å². The lowest BCUT2D eigenvalue weighted by molar-refractivity contribution is 0.434. The fourth-order valence-electron chi connectivity index (χ4n) is 1.23. The standard InChI is InChI=1S/C10H18N2O3S/c1-8(2)10-4-3-9(15-10)7-12-5-6-16(11,13)14/h3-4,8,12H,5-7H2,1-2H3,(H2,11,13,14). The minimum absolute atomic E-state index is 0.0647. The van der Waals surface area contributed by atoms with E-state index in [0.29, 0.717) is 19.0 Å². The molecule has 0 unspecified atom stereocenters. The normalized spacial score (nSPS) is 12.2. The predicted molar refractivity (Wildman–Crippen MR) is 62.5 cm³/mol. The van der Waals surface area contributed by atoms with Crippen LogP contribution in [-0.2, 0) is 16.6 Å². The average molecular weight is 246 g/mol. The largest absolute Gasteiger partial charge is 0.464 e. The lowest BCUT2D eigenvalue weighted by Gasteiger charge is -2.02. The van der Waals surface area contributed by atoms with Gasteiger partial charge in [-0.1, -0.05) is 13.8 Å². The molecule has 0 aliphatic carbocycles. The summed E-state index contributed by atoms with van der Waals surface area (Å²) in [4.78, 5) is 0. The van der Waals surface area contributed by atoms with Crippen molar-refractivity contribution in [2.75, 3.05) is 12.3 Å². The molecule has 6 heteroatoms. The predicted octanol–water partition coefficient (Wildman–Crippen LogP) is 0.781.